The highest BCUT2D eigenvalue weighted by Crippen LogP contribution is 2.44. The summed E-state index contributed by atoms with van der Waals surface area (Å²) in [6, 6.07) is 12.8. The molecule has 0 saturated carbocycles. The van der Waals surface area contributed by atoms with Gasteiger partial charge in [0.25, 0.3) is 0 Å². The predicted molar refractivity (Wildman–Crippen MR) is 116 cm³/mol. The zero-order valence-electron chi connectivity index (χ0n) is 17.8. The zero-order chi connectivity index (χ0) is 24.7. The molecule has 2 aromatic rings. The average molecular weight is 474 g/mol. The monoisotopic (exact) mass is 474 g/mol. The Kier molecular flexibility index (Phi) is 7.79. The number of alkyl halides is 3. The third-order valence-corrected chi connectivity index (χ3v) is 5.26. The fraction of sp³-hybridized carbons (Fsp3) is 0.292. The lowest BCUT2D eigenvalue weighted by Crippen LogP contribution is -2.46. The molecule has 0 unspecified atom stereocenters. The molecule has 0 aromatic heterocycles. The maximum atomic E-state index is 13.4. The average Bonchev–Trinajstić information content (AvgIpc) is 3.11. The van der Waals surface area contributed by atoms with E-state index in [1.165, 1.54) is 0 Å². The van der Waals surface area contributed by atoms with Gasteiger partial charge in [0.2, 0.25) is 5.91 Å². The first-order valence-corrected chi connectivity index (χ1v) is 10.3. The van der Waals surface area contributed by atoms with Crippen molar-refractivity contribution in [3.63, 3.8) is 0 Å². The van der Waals surface area contributed by atoms with Gasteiger partial charge in [0.15, 0.2) is 0 Å². The van der Waals surface area contributed by atoms with Gasteiger partial charge in [0.05, 0.1) is 6.54 Å². The number of rotatable bonds is 7. The van der Waals surface area contributed by atoms with Crippen LogP contribution >= 0.6 is 0 Å². The van der Waals surface area contributed by atoms with E-state index in [0.717, 1.165) is 22.3 Å². The lowest BCUT2D eigenvalue weighted by molar-refractivity contribution is -0.156. The maximum Gasteiger partial charge on any atom is 0.408 e. The first-order chi connectivity index (χ1) is 16.2. The Morgan fingerprint density at radius 3 is 2.18 bits per heavy atom. The van der Waals surface area contributed by atoms with Crippen LogP contribution in [0.25, 0.3) is 11.1 Å². The highest BCUT2D eigenvalue weighted by molar-refractivity contribution is 5.86. The van der Waals surface area contributed by atoms with Gasteiger partial charge in [-0.15, -0.1) is 0 Å². The molecule has 3 N–H and O–H groups in total. The number of nitrogens with one attached hydrogen (secondary N) is 2. The fourth-order valence-corrected chi connectivity index (χ4v) is 3.73. The Balaban J connectivity index is 1.56. The molecule has 2 amide bonds. The van der Waals surface area contributed by atoms with E-state index in [9.17, 15) is 27.6 Å². The van der Waals surface area contributed by atoms with E-state index in [2.05, 4.69) is 11.2 Å². The van der Waals surface area contributed by atoms with Crippen LogP contribution in [-0.4, -0.2) is 48.4 Å². The van der Waals surface area contributed by atoms with Gasteiger partial charge in [0.1, 0.15) is 12.6 Å². The van der Waals surface area contributed by atoms with Crippen LogP contribution in [0.2, 0.25) is 0 Å². The molecule has 0 bridgehead atoms. The standard InChI is InChI=1S/C24H21F3N2O5/c25-24(26,27)20(11-12-21(30)28-13-5-10-22(31)32)29-23(33)34-14-19-17-8-3-1-6-15(17)16-7-2-4-9-18(16)19/h1-4,6-9,19-20H,11-14H2,(H,28,30)(H,29,33)(H,31,32)/t20-/m0/s1. The quantitative estimate of drug-likeness (QED) is 0.534. The first-order valence-electron chi connectivity index (χ1n) is 10.3. The third-order valence-electron chi connectivity index (χ3n) is 5.26. The molecule has 34 heavy (non-hydrogen) atoms. The van der Waals surface area contributed by atoms with E-state index in [4.69, 9.17) is 9.84 Å². The van der Waals surface area contributed by atoms with Crippen molar-refractivity contribution in [3.8, 4) is 23.0 Å². The molecule has 0 heterocycles. The molecule has 2 aromatic carbocycles. The number of fused-ring (bicyclic) bond motifs is 3. The molecule has 1 aliphatic rings. The number of ether oxygens (including phenoxy) is 1. The van der Waals surface area contributed by atoms with Crippen LogP contribution in [0, 0.1) is 11.8 Å². The van der Waals surface area contributed by atoms with Crippen LogP contribution < -0.4 is 10.6 Å². The molecular formula is C24H21F3N2O5. The van der Waals surface area contributed by atoms with Crippen molar-refractivity contribution >= 4 is 18.0 Å². The smallest absolute Gasteiger partial charge is 0.408 e. The van der Waals surface area contributed by atoms with Gasteiger partial charge in [0, 0.05) is 18.3 Å². The summed E-state index contributed by atoms with van der Waals surface area (Å²) in [6.07, 6.45) is -7.30. The van der Waals surface area contributed by atoms with Crippen molar-refractivity contribution in [2.24, 2.45) is 0 Å². The topological polar surface area (TPSA) is 105 Å². The summed E-state index contributed by atoms with van der Waals surface area (Å²) in [6.45, 7) is -0.463. The molecule has 1 aliphatic carbocycles. The lowest BCUT2D eigenvalue weighted by atomic mass is 9.98. The summed E-state index contributed by atoms with van der Waals surface area (Å²) in [5.41, 5.74) is 3.82. The molecule has 3 rings (SSSR count). The number of hydrogen-bond donors (Lipinski definition) is 3. The number of carboxylic acids is 1. The number of aliphatic carboxylic acids is 1. The lowest BCUT2D eigenvalue weighted by Gasteiger charge is -2.22. The van der Waals surface area contributed by atoms with Crippen molar-refractivity contribution in [3.05, 3.63) is 59.7 Å². The molecule has 0 radical (unpaired) electrons. The van der Waals surface area contributed by atoms with Gasteiger partial charge >= 0.3 is 18.2 Å². The van der Waals surface area contributed by atoms with Crippen molar-refractivity contribution < 1.29 is 37.4 Å². The Hall–Kier alpha value is -4.00. The Morgan fingerprint density at radius 1 is 1.03 bits per heavy atom. The van der Waals surface area contributed by atoms with Crippen LogP contribution in [0.1, 0.15) is 29.9 Å². The van der Waals surface area contributed by atoms with Crippen LogP contribution in [0.15, 0.2) is 48.5 Å². The molecule has 178 valence electrons. The molecular weight excluding hydrogens is 453 g/mol. The first kappa shape index (κ1) is 24.6. The van der Waals surface area contributed by atoms with Gasteiger partial charge < -0.3 is 20.5 Å². The second-order valence-electron chi connectivity index (χ2n) is 7.49. The van der Waals surface area contributed by atoms with Crippen LogP contribution in [0.3, 0.4) is 0 Å². The van der Waals surface area contributed by atoms with Gasteiger partial charge in [-0.05, 0) is 28.7 Å². The highest BCUT2D eigenvalue weighted by Gasteiger charge is 2.41. The number of carbonyl (C=O) groups excluding carboxylic acids is 2. The highest BCUT2D eigenvalue weighted by atomic mass is 19.4. The van der Waals surface area contributed by atoms with Crippen molar-refractivity contribution in [1.82, 2.24) is 10.6 Å². The number of halogens is 3. The maximum absolute atomic E-state index is 13.4. The molecule has 0 saturated heterocycles. The van der Waals surface area contributed by atoms with E-state index in [0.29, 0.717) is 0 Å². The third kappa shape index (κ3) is 6.28. The Labute approximate surface area is 193 Å². The van der Waals surface area contributed by atoms with Crippen molar-refractivity contribution in [2.75, 3.05) is 13.2 Å². The van der Waals surface area contributed by atoms with E-state index >= 15 is 0 Å². The van der Waals surface area contributed by atoms with Gasteiger partial charge in [-0.2, -0.15) is 13.2 Å². The van der Waals surface area contributed by atoms with E-state index in [-0.39, 0.29) is 19.1 Å². The minimum absolute atomic E-state index is 0.146. The molecule has 10 heteroatoms. The van der Waals surface area contributed by atoms with E-state index < -0.39 is 43.0 Å². The molecule has 1 atom stereocenters. The Morgan fingerprint density at radius 2 is 1.62 bits per heavy atom. The molecule has 7 nitrogen and oxygen atoms in total. The number of benzene rings is 2. The SMILES string of the molecule is O=C(O)C#CCNC(=O)CC[C@H](NC(=O)OCC1c2ccccc2-c2ccccc21)C(F)(F)F. The molecule has 0 aliphatic heterocycles. The van der Waals surface area contributed by atoms with E-state index in [1.54, 1.807) is 11.2 Å². The number of hydrogen-bond acceptors (Lipinski definition) is 4. The van der Waals surface area contributed by atoms with Gasteiger partial charge in [-0.1, -0.05) is 54.5 Å². The van der Waals surface area contributed by atoms with Crippen LogP contribution in [-0.2, 0) is 14.3 Å². The van der Waals surface area contributed by atoms with Crippen molar-refractivity contribution in [2.45, 2.75) is 31.0 Å². The number of carboxylic acid groups (broad SMARTS) is 1. The zero-order valence-corrected chi connectivity index (χ0v) is 17.8. The molecule has 0 fully saturated rings. The van der Waals surface area contributed by atoms with Gasteiger partial charge in [-0.25, -0.2) is 9.59 Å². The Bertz CT molecular complexity index is 1090. The normalized spacial score (nSPS) is 13.0. The summed E-state index contributed by atoms with van der Waals surface area (Å²) in [5, 5.41) is 12.4. The number of carbonyl (C=O) groups is 3. The summed E-state index contributed by atoms with van der Waals surface area (Å²) in [5.74, 6) is 1.44. The summed E-state index contributed by atoms with van der Waals surface area (Å²) in [4.78, 5) is 34.2. The van der Waals surface area contributed by atoms with Crippen LogP contribution in [0.4, 0.5) is 18.0 Å². The number of amides is 2. The summed E-state index contributed by atoms with van der Waals surface area (Å²) < 4.78 is 45.3. The molecule has 0 spiro atoms. The second-order valence-corrected chi connectivity index (χ2v) is 7.49. The number of alkyl carbamates (subject to hydrolysis) is 1. The van der Waals surface area contributed by atoms with Crippen LogP contribution in [0.5, 0.6) is 0 Å². The second kappa shape index (κ2) is 10.7. The predicted octanol–water partition coefficient (Wildman–Crippen LogP) is 3.44. The van der Waals surface area contributed by atoms with Gasteiger partial charge in [-0.3, -0.25) is 4.79 Å². The fourth-order valence-electron chi connectivity index (χ4n) is 3.73. The minimum Gasteiger partial charge on any atom is -0.472 e. The summed E-state index contributed by atoms with van der Waals surface area (Å²) in [7, 11) is 0. The largest absolute Gasteiger partial charge is 0.472 e. The van der Waals surface area contributed by atoms with Crippen molar-refractivity contribution in [1.29, 1.82) is 0 Å². The minimum atomic E-state index is -4.80. The van der Waals surface area contributed by atoms with E-state index in [1.807, 2.05) is 48.5 Å². The summed E-state index contributed by atoms with van der Waals surface area (Å²) >= 11 is 0.